The zero-order valence-electron chi connectivity index (χ0n) is 27.7. The van der Waals surface area contributed by atoms with Gasteiger partial charge in [0.1, 0.15) is 107 Å². The van der Waals surface area contributed by atoms with Gasteiger partial charge in [-0.3, -0.25) is 4.79 Å². The number of hydrogen-bond donors (Lipinski definition) is 12. The standard InChI is InChI=1S/C33H40O20/c1-10-22(39)24(41)27(44)32(48-10)53-30-19(8-34)51-31(29(46)26(30)43)47-9-20-23(40)25(42)28(45)33(52-20)50-16-5-11(35)2-3-13(16)17-7-15(38)21-14(37)4-12(36)6-18(21)49-17/h2-7,10,19-20,22-37,39-46H,8-9H2,1H3/t10-,19-,20-,22-,23-,24-,25-,26-,27-,28-,29+,30+,31+,32-,33-/m0/s1. The monoisotopic (exact) mass is 756 g/mol. The Kier molecular flexibility index (Phi) is 11.5. The number of hydrogen-bond acceptors (Lipinski definition) is 20. The second kappa shape index (κ2) is 15.6. The largest absolute Gasteiger partial charge is 0.508 e. The van der Waals surface area contributed by atoms with E-state index in [1.54, 1.807) is 0 Å². The lowest BCUT2D eigenvalue weighted by atomic mass is 9.97. The van der Waals surface area contributed by atoms with E-state index in [2.05, 4.69) is 0 Å². The van der Waals surface area contributed by atoms with Crippen LogP contribution in [0.3, 0.4) is 0 Å². The van der Waals surface area contributed by atoms with Gasteiger partial charge >= 0.3 is 0 Å². The maximum Gasteiger partial charge on any atom is 0.229 e. The highest BCUT2D eigenvalue weighted by atomic mass is 16.8. The van der Waals surface area contributed by atoms with E-state index in [4.69, 9.17) is 32.8 Å². The van der Waals surface area contributed by atoms with Gasteiger partial charge in [0.25, 0.3) is 0 Å². The molecular weight excluding hydrogens is 716 g/mol. The third-order valence-electron chi connectivity index (χ3n) is 9.28. The van der Waals surface area contributed by atoms with Gasteiger partial charge in [0.15, 0.2) is 18.0 Å². The van der Waals surface area contributed by atoms with Crippen LogP contribution >= 0.6 is 0 Å². The molecule has 0 spiro atoms. The Bertz CT molecular complexity index is 1800. The van der Waals surface area contributed by atoms with E-state index in [1.165, 1.54) is 19.1 Å². The third-order valence-corrected chi connectivity index (χ3v) is 9.28. The van der Waals surface area contributed by atoms with Crippen molar-refractivity contribution in [3.05, 3.63) is 46.6 Å². The molecule has 0 amide bonds. The molecule has 0 aliphatic carbocycles. The van der Waals surface area contributed by atoms with E-state index in [0.29, 0.717) is 0 Å². The molecule has 15 atom stereocenters. The second-order valence-electron chi connectivity index (χ2n) is 12.9. The summed E-state index contributed by atoms with van der Waals surface area (Å²) in [5, 5.41) is 124. The molecule has 20 nitrogen and oxygen atoms in total. The topological polar surface area (TPSA) is 328 Å². The molecule has 12 N–H and O–H groups in total. The zero-order valence-corrected chi connectivity index (χ0v) is 27.7. The van der Waals surface area contributed by atoms with Crippen LogP contribution in [0, 0.1) is 0 Å². The van der Waals surface area contributed by atoms with Crippen molar-refractivity contribution >= 4 is 11.0 Å². The Morgan fingerprint density at radius 3 is 2.06 bits per heavy atom. The van der Waals surface area contributed by atoms with Crippen LogP contribution in [0.25, 0.3) is 22.3 Å². The van der Waals surface area contributed by atoms with Gasteiger partial charge in [-0.25, -0.2) is 0 Å². The van der Waals surface area contributed by atoms with E-state index in [9.17, 15) is 66.1 Å². The van der Waals surface area contributed by atoms with E-state index in [0.717, 1.165) is 24.3 Å². The van der Waals surface area contributed by atoms with Crippen molar-refractivity contribution in [3.63, 3.8) is 0 Å². The first-order valence-corrected chi connectivity index (χ1v) is 16.4. The quantitative estimate of drug-likeness (QED) is 0.100. The van der Waals surface area contributed by atoms with Crippen LogP contribution in [0.1, 0.15) is 6.92 Å². The smallest absolute Gasteiger partial charge is 0.229 e. The summed E-state index contributed by atoms with van der Waals surface area (Å²) in [6, 6.07) is 6.62. The molecule has 0 saturated carbocycles. The molecule has 3 aliphatic heterocycles. The average Bonchev–Trinajstić information content (AvgIpc) is 3.11. The van der Waals surface area contributed by atoms with Crippen molar-refractivity contribution in [2.24, 2.45) is 0 Å². The van der Waals surface area contributed by atoms with Gasteiger partial charge in [0, 0.05) is 24.3 Å². The summed E-state index contributed by atoms with van der Waals surface area (Å²) in [7, 11) is 0. The van der Waals surface area contributed by atoms with Crippen LogP contribution in [0.4, 0.5) is 0 Å². The molecule has 3 aromatic rings. The van der Waals surface area contributed by atoms with Crippen molar-refractivity contribution in [1.29, 1.82) is 0 Å². The summed E-state index contributed by atoms with van der Waals surface area (Å²) in [6.07, 6.45) is -24.9. The summed E-state index contributed by atoms with van der Waals surface area (Å²) in [4.78, 5) is 12.9. The molecule has 3 saturated heterocycles. The predicted octanol–water partition coefficient (Wildman–Crippen LogP) is -3.57. The number of aliphatic hydroxyl groups excluding tert-OH is 9. The molecule has 292 valence electrons. The van der Waals surface area contributed by atoms with Crippen molar-refractivity contribution < 1.29 is 94.1 Å². The molecule has 20 heteroatoms. The Labute approximate surface area is 298 Å². The summed E-state index contributed by atoms with van der Waals surface area (Å²) in [5.74, 6) is -1.69. The average molecular weight is 757 g/mol. The van der Waals surface area contributed by atoms with Crippen molar-refractivity contribution in [2.75, 3.05) is 13.2 Å². The molecule has 0 bridgehead atoms. The van der Waals surface area contributed by atoms with Gasteiger partial charge in [-0.05, 0) is 19.1 Å². The van der Waals surface area contributed by atoms with E-state index in [1.807, 2.05) is 0 Å². The van der Waals surface area contributed by atoms with Gasteiger partial charge in [-0.1, -0.05) is 0 Å². The van der Waals surface area contributed by atoms with Crippen LogP contribution in [0.5, 0.6) is 23.0 Å². The molecule has 3 aliphatic rings. The van der Waals surface area contributed by atoms with Gasteiger partial charge in [-0.15, -0.1) is 0 Å². The maximum atomic E-state index is 12.9. The lowest BCUT2D eigenvalue weighted by Crippen LogP contribution is -2.64. The summed E-state index contributed by atoms with van der Waals surface area (Å²) in [5.41, 5.74) is -0.880. The van der Waals surface area contributed by atoms with Gasteiger partial charge in [0.2, 0.25) is 6.29 Å². The normalized spacial score (nSPS) is 37.8. The first kappa shape index (κ1) is 39.0. The van der Waals surface area contributed by atoms with E-state index in [-0.39, 0.29) is 33.8 Å². The summed E-state index contributed by atoms with van der Waals surface area (Å²) >= 11 is 0. The van der Waals surface area contributed by atoms with Crippen LogP contribution in [-0.2, 0) is 23.7 Å². The summed E-state index contributed by atoms with van der Waals surface area (Å²) in [6.45, 7) is -0.103. The van der Waals surface area contributed by atoms with E-state index >= 15 is 0 Å². The van der Waals surface area contributed by atoms with Crippen molar-refractivity contribution in [2.45, 2.75) is 99.0 Å². The maximum absolute atomic E-state index is 12.9. The Morgan fingerprint density at radius 2 is 1.34 bits per heavy atom. The Morgan fingerprint density at radius 1 is 0.679 bits per heavy atom. The molecule has 0 unspecified atom stereocenters. The van der Waals surface area contributed by atoms with Crippen LogP contribution in [-0.4, -0.2) is 167 Å². The lowest BCUT2D eigenvalue weighted by Gasteiger charge is -2.46. The number of fused-ring (bicyclic) bond motifs is 1. The minimum Gasteiger partial charge on any atom is -0.508 e. The number of phenols is 3. The van der Waals surface area contributed by atoms with Crippen LogP contribution in [0.2, 0.25) is 0 Å². The molecule has 3 fully saturated rings. The number of benzene rings is 2. The molecule has 53 heavy (non-hydrogen) atoms. The molecule has 6 rings (SSSR count). The first-order chi connectivity index (χ1) is 25.1. The minimum absolute atomic E-state index is 0.0136. The lowest BCUT2D eigenvalue weighted by molar-refractivity contribution is -0.361. The summed E-state index contributed by atoms with van der Waals surface area (Å²) < 4.78 is 39.3. The Balaban J connectivity index is 1.16. The SMILES string of the molecule is C[C@@H]1O[C@@H](O[C@H]2[C@@H](O)[C@@H](O)[C@H](OC[C@@H]3O[C@H](Oc4cc(O)ccc4-c4cc(=O)c5c(O)cc(O)cc5o4)[C@@H](O)[C@@H](O)[C@H]3O)O[C@H]2CO)[C@@H](O)[C@@H](O)[C@H]1O. The Hall–Kier alpha value is -3.71. The fourth-order valence-electron chi connectivity index (χ4n) is 6.30. The fourth-order valence-corrected chi connectivity index (χ4v) is 6.30. The van der Waals surface area contributed by atoms with Crippen LogP contribution in [0.15, 0.2) is 45.6 Å². The number of aromatic hydroxyl groups is 3. The molecule has 2 aromatic carbocycles. The molecular formula is C33H40O20. The highest BCUT2D eigenvalue weighted by Crippen LogP contribution is 2.38. The first-order valence-electron chi connectivity index (χ1n) is 16.4. The number of rotatable bonds is 9. The molecule has 0 radical (unpaired) electrons. The van der Waals surface area contributed by atoms with Crippen molar-refractivity contribution in [3.8, 4) is 34.3 Å². The molecule has 4 heterocycles. The van der Waals surface area contributed by atoms with Gasteiger partial charge in [-0.2, -0.15) is 0 Å². The van der Waals surface area contributed by atoms with E-state index < -0.39 is 122 Å². The second-order valence-corrected chi connectivity index (χ2v) is 12.9. The number of aliphatic hydroxyl groups is 9. The number of phenolic OH excluding ortho intramolecular Hbond substituents is 3. The zero-order chi connectivity index (χ0) is 38.5. The molecule has 1 aromatic heterocycles. The highest BCUT2D eigenvalue weighted by Gasteiger charge is 2.51. The van der Waals surface area contributed by atoms with Gasteiger partial charge < -0.3 is 94.1 Å². The van der Waals surface area contributed by atoms with Gasteiger partial charge in [0.05, 0.1) is 24.9 Å². The van der Waals surface area contributed by atoms with Crippen LogP contribution < -0.4 is 10.2 Å². The van der Waals surface area contributed by atoms with Crippen molar-refractivity contribution in [1.82, 2.24) is 0 Å². The predicted molar refractivity (Wildman–Crippen MR) is 171 cm³/mol. The number of ether oxygens (including phenoxy) is 6. The minimum atomic E-state index is -1.92. The highest BCUT2D eigenvalue weighted by molar-refractivity contribution is 5.86. The third kappa shape index (κ3) is 7.65. The fraction of sp³-hybridized carbons (Fsp3) is 0.545.